The minimum Gasteiger partial charge on any atom is -0.468 e. The molecule has 10 heteroatoms. The van der Waals surface area contributed by atoms with Crippen LogP contribution in [0, 0.1) is 0 Å². The summed E-state index contributed by atoms with van der Waals surface area (Å²) in [5.74, 6) is -0.161. The van der Waals surface area contributed by atoms with Crippen LogP contribution in [-0.4, -0.2) is 20.9 Å². The molecule has 0 radical (unpaired) electrons. The molecular weight excluding hydrogens is 406 g/mol. The van der Waals surface area contributed by atoms with E-state index >= 15 is 0 Å². The molecule has 0 bridgehead atoms. The average Bonchev–Trinajstić information content (AvgIpc) is 3.21. The molecule has 3 aromatic rings. The summed E-state index contributed by atoms with van der Waals surface area (Å²) in [6.45, 7) is -2.97. The van der Waals surface area contributed by atoms with Crippen molar-refractivity contribution in [3.8, 4) is 5.75 Å². The molecule has 152 valence electrons. The van der Waals surface area contributed by atoms with Crippen LogP contribution in [0.4, 0.5) is 14.5 Å². The normalized spacial score (nSPS) is 11.4. The molecule has 29 heavy (non-hydrogen) atoms. The van der Waals surface area contributed by atoms with E-state index in [-0.39, 0.29) is 22.8 Å². The Labute approximate surface area is 165 Å². The molecule has 1 aromatic heterocycles. The summed E-state index contributed by atoms with van der Waals surface area (Å²) >= 11 is 0. The lowest BCUT2D eigenvalue weighted by Crippen LogP contribution is -2.23. The summed E-state index contributed by atoms with van der Waals surface area (Å²) in [6.07, 6.45) is 1.43. The standard InChI is InChI=1S/C19H16F2N2O5S/c20-19(21)28-15-8-6-14(7-9-15)23-18(24)13-3-1-5-17(11-13)29(25,26)22-12-16-4-2-10-27-16/h1-11,19,22H,12H2,(H,23,24). The van der Waals surface area contributed by atoms with Gasteiger partial charge in [-0.25, -0.2) is 13.1 Å². The van der Waals surface area contributed by atoms with Gasteiger partial charge in [0.2, 0.25) is 10.0 Å². The van der Waals surface area contributed by atoms with E-state index in [1.54, 1.807) is 12.1 Å². The zero-order valence-corrected chi connectivity index (χ0v) is 15.7. The van der Waals surface area contributed by atoms with Gasteiger partial charge in [-0.2, -0.15) is 8.78 Å². The van der Waals surface area contributed by atoms with Gasteiger partial charge in [-0.15, -0.1) is 0 Å². The largest absolute Gasteiger partial charge is 0.468 e. The summed E-state index contributed by atoms with van der Waals surface area (Å²) in [6, 6.07) is 14.1. The van der Waals surface area contributed by atoms with Crippen LogP contribution in [0.15, 0.2) is 76.2 Å². The molecule has 0 saturated heterocycles. The summed E-state index contributed by atoms with van der Waals surface area (Å²) in [7, 11) is -3.86. The fraction of sp³-hybridized carbons (Fsp3) is 0.105. The fourth-order valence-electron chi connectivity index (χ4n) is 2.39. The smallest absolute Gasteiger partial charge is 0.387 e. The van der Waals surface area contributed by atoms with Crippen LogP contribution in [0.1, 0.15) is 16.1 Å². The first-order valence-electron chi connectivity index (χ1n) is 8.32. The lowest BCUT2D eigenvalue weighted by Gasteiger charge is -2.09. The number of furan rings is 1. The number of sulfonamides is 1. The van der Waals surface area contributed by atoms with E-state index in [9.17, 15) is 22.0 Å². The number of hydrogen-bond donors (Lipinski definition) is 2. The van der Waals surface area contributed by atoms with Gasteiger partial charge >= 0.3 is 6.61 Å². The summed E-state index contributed by atoms with van der Waals surface area (Å²) in [5.41, 5.74) is 0.444. The molecule has 0 aliphatic carbocycles. The predicted molar refractivity (Wildman–Crippen MR) is 100 cm³/mol. The number of nitrogens with one attached hydrogen (secondary N) is 2. The van der Waals surface area contributed by atoms with E-state index < -0.39 is 22.5 Å². The lowest BCUT2D eigenvalue weighted by molar-refractivity contribution is -0.0498. The number of benzene rings is 2. The zero-order chi connectivity index (χ0) is 20.9. The molecule has 0 unspecified atom stereocenters. The maximum Gasteiger partial charge on any atom is 0.387 e. The van der Waals surface area contributed by atoms with Gasteiger partial charge in [-0.3, -0.25) is 4.79 Å². The van der Waals surface area contributed by atoms with Crippen molar-refractivity contribution in [3.05, 3.63) is 78.3 Å². The molecule has 0 aliphatic heterocycles. The van der Waals surface area contributed by atoms with Crippen LogP contribution in [0.25, 0.3) is 0 Å². The number of rotatable bonds is 8. The Morgan fingerprint density at radius 2 is 1.83 bits per heavy atom. The second kappa shape index (κ2) is 8.84. The van der Waals surface area contributed by atoms with Gasteiger partial charge in [0.05, 0.1) is 17.7 Å². The third-order valence-electron chi connectivity index (χ3n) is 3.76. The summed E-state index contributed by atoms with van der Waals surface area (Å²) in [5, 5.41) is 2.56. The Morgan fingerprint density at radius 1 is 1.07 bits per heavy atom. The van der Waals surface area contributed by atoms with Crippen LogP contribution < -0.4 is 14.8 Å². The van der Waals surface area contributed by atoms with E-state index in [0.29, 0.717) is 11.4 Å². The number of hydrogen-bond acceptors (Lipinski definition) is 5. The number of alkyl halides is 2. The Hall–Kier alpha value is -3.24. The molecule has 2 aromatic carbocycles. The van der Waals surface area contributed by atoms with Gasteiger partial charge < -0.3 is 14.5 Å². The second-order valence-corrected chi connectivity index (χ2v) is 7.56. The quantitative estimate of drug-likeness (QED) is 0.578. The minimum absolute atomic E-state index is 0.0290. The van der Waals surface area contributed by atoms with E-state index in [4.69, 9.17) is 4.42 Å². The average molecular weight is 422 g/mol. The molecule has 3 rings (SSSR count). The van der Waals surface area contributed by atoms with Crippen LogP contribution in [0.5, 0.6) is 5.75 Å². The van der Waals surface area contributed by atoms with Gasteiger partial charge in [0.25, 0.3) is 5.91 Å². The van der Waals surface area contributed by atoms with Gasteiger partial charge in [0.15, 0.2) is 0 Å². The highest BCUT2D eigenvalue weighted by atomic mass is 32.2. The van der Waals surface area contributed by atoms with Crippen LogP contribution in [0.3, 0.4) is 0 Å². The van der Waals surface area contributed by atoms with E-state index in [1.165, 1.54) is 54.8 Å². The number of halogens is 2. The Balaban J connectivity index is 1.68. The number of amides is 1. The third kappa shape index (κ3) is 5.62. The summed E-state index contributed by atoms with van der Waals surface area (Å²) in [4.78, 5) is 12.3. The second-order valence-electron chi connectivity index (χ2n) is 5.79. The van der Waals surface area contributed by atoms with Gasteiger partial charge in [0.1, 0.15) is 11.5 Å². The SMILES string of the molecule is O=C(Nc1ccc(OC(F)F)cc1)c1cccc(S(=O)(=O)NCc2ccco2)c1. The van der Waals surface area contributed by atoms with Gasteiger partial charge in [-0.05, 0) is 54.6 Å². The topological polar surface area (TPSA) is 97.6 Å². The van der Waals surface area contributed by atoms with E-state index in [1.807, 2.05) is 0 Å². The maximum absolute atomic E-state index is 12.4. The summed E-state index contributed by atoms with van der Waals surface area (Å²) < 4.78 is 60.9. The maximum atomic E-state index is 12.4. The first kappa shape index (κ1) is 20.5. The highest BCUT2D eigenvalue weighted by Crippen LogP contribution is 2.19. The van der Waals surface area contributed by atoms with Gasteiger partial charge in [-0.1, -0.05) is 6.07 Å². The van der Waals surface area contributed by atoms with Crippen molar-refractivity contribution in [2.45, 2.75) is 18.1 Å². The van der Waals surface area contributed by atoms with Crippen LogP contribution in [0.2, 0.25) is 0 Å². The molecule has 0 saturated carbocycles. The number of ether oxygens (including phenoxy) is 1. The molecule has 0 spiro atoms. The predicted octanol–water partition coefficient (Wildman–Crippen LogP) is 3.61. The van der Waals surface area contributed by atoms with Crippen molar-refractivity contribution < 1.29 is 31.1 Å². The highest BCUT2D eigenvalue weighted by molar-refractivity contribution is 7.89. The number of anilines is 1. The van der Waals surface area contributed by atoms with Crippen molar-refractivity contribution in [2.75, 3.05) is 5.32 Å². The fourth-order valence-corrected chi connectivity index (χ4v) is 3.43. The van der Waals surface area contributed by atoms with Crippen LogP contribution >= 0.6 is 0 Å². The van der Waals surface area contributed by atoms with Gasteiger partial charge in [0, 0.05) is 11.3 Å². The molecule has 1 amide bonds. The lowest BCUT2D eigenvalue weighted by atomic mass is 10.2. The number of carbonyl (C=O) groups excluding carboxylic acids is 1. The van der Waals surface area contributed by atoms with E-state index in [0.717, 1.165) is 0 Å². The van der Waals surface area contributed by atoms with Crippen LogP contribution in [-0.2, 0) is 16.6 Å². The molecular formula is C19H16F2N2O5S. The van der Waals surface area contributed by atoms with Crippen molar-refractivity contribution in [2.24, 2.45) is 0 Å². The van der Waals surface area contributed by atoms with E-state index in [2.05, 4.69) is 14.8 Å². The highest BCUT2D eigenvalue weighted by Gasteiger charge is 2.17. The monoisotopic (exact) mass is 422 g/mol. The Kier molecular flexibility index (Phi) is 6.25. The molecule has 0 fully saturated rings. The molecule has 7 nitrogen and oxygen atoms in total. The molecule has 0 atom stereocenters. The zero-order valence-electron chi connectivity index (χ0n) is 14.8. The number of carbonyl (C=O) groups is 1. The molecule has 2 N–H and O–H groups in total. The Morgan fingerprint density at radius 3 is 2.48 bits per heavy atom. The van der Waals surface area contributed by atoms with Crippen molar-refractivity contribution in [1.82, 2.24) is 4.72 Å². The van der Waals surface area contributed by atoms with Crippen molar-refractivity contribution in [3.63, 3.8) is 0 Å². The minimum atomic E-state index is -3.86. The van der Waals surface area contributed by atoms with Crippen molar-refractivity contribution in [1.29, 1.82) is 0 Å². The van der Waals surface area contributed by atoms with Crippen molar-refractivity contribution >= 4 is 21.6 Å². The Bertz CT molecular complexity index is 1070. The third-order valence-corrected chi connectivity index (χ3v) is 5.16. The molecule has 0 aliphatic rings. The first-order chi connectivity index (χ1) is 13.8. The first-order valence-corrected chi connectivity index (χ1v) is 9.80. The molecule has 1 heterocycles.